The average molecular weight is 373 g/mol. The van der Waals surface area contributed by atoms with Gasteiger partial charge in [0.05, 0.1) is 4.88 Å². The SMILES string of the molecule is Cc1ccc(C(=O)NC2CNCCC2c2ccc(F)c(F)c2)s1.Cl. The molecular weight excluding hydrogens is 354 g/mol. The summed E-state index contributed by atoms with van der Waals surface area (Å²) in [5, 5.41) is 6.27. The molecule has 2 N–H and O–H groups in total. The zero-order valence-electron chi connectivity index (χ0n) is 13.1. The minimum atomic E-state index is -0.850. The minimum absolute atomic E-state index is 0. The first-order valence-electron chi connectivity index (χ1n) is 7.57. The minimum Gasteiger partial charge on any atom is -0.347 e. The number of thiophene rings is 1. The molecule has 3 nitrogen and oxygen atoms in total. The maximum Gasteiger partial charge on any atom is 0.261 e. The fraction of sp³-hybridized carbons (Fsp3) is 0.353. The first kappa shape index (κ1) is 18.8. The van der Waals surface area contributed by atoms with Crippen molar-refractivity contribution in [2.45, 2.75) is 25.3 Å². The number of aryl methyl sites for hydroxylation is 1. The molecule has 2 aromatic rings. The van der Waals surface area contributed by atoms with E-state index in [0.717, 1.165) is 29.5 Å². The normalized spacial score (nSPS) is 20.3. The number of carbonyl (C=O) groups is 1. The summed E-state index contributed by atoms with van der Waals surface area (Å²) in [5.41, 5.74) is 0.720. The first-order valence-corrected chi connectivity index (χ1v) is 8.39. The van der Waals surface area contributed by atoms with Crippen LogP contribution < -0.4 is 10.6 Å². The van der Waals surface area contributed by atoms with E-state index >= 15 is 0 Å². The van der Waals surface area contributed by atoms with Crippen molar-refractivity contribution in [3.8, 4) is 0 Å². The van der Waals surface area contributed by atoms with Gasteiger partial charge in [0.25, 0.3) is 5.91 Å². The highest BCUT2D eigenvalue weighted by molar-refractivity contribution is 7.13. The highest BCUT2D eigenvalue weighted by atomic mass is 35.5. The fourth-order valence-corrected chi connectivity index (χ4v) is 3.72. The fourth-order valence-electron chi connectivity index (χ4n) is 2.95. The number of nitrogens with one attached hydrogen (secondary N) is 2. The van der Waals surface area contributed by atoms with E-state index in [1.54, 1.807) is 12.1 Å². The summed E-state index contributed by atoms with van der Waals surface area (Å²) in [6.07, 6.45) is 0.763. The smallest absolute Gasteiger partial charge is 0.261 e. The van der Waals surface area contributed by atoms with Crippen molar-refractivity contribution in [3.63, 3.8) is 0 Å². The summed E-state index contributed by atoms with van der Waals surface area (Å²) in [6, 6.07) is 7.55. The molecule has 1 aliphatic rings. The lowest BCUT2D eigenvalue weighted by atomic mass is 9.86. The van der Waals surface area contributed by atoms with Gasteiger partial charge in [-0.15, -0.1) is 23.7 Å². The van der Waals surface area contributed by atoms with E-state index in [1.165, 1.54) is 17.4 Å². The molecule has 1 aromatic heterocycles. The molecule has 1 aromatic carbocycles. The Labute approximate surface area is 149 Å². The predicted octanol–water partition coefficient (Wildman–Crippen LogP) is 3.63. The molecule has 3 rings (SSSR count). The lowest BCUT2D eigenvalue weighted by Gasteiger charge is -2.33. The van der Waals surface area contributed by atoms with Gasteiger partial charge in [-0.1, -0.05) is 6.07 Å². The van der Waals surface area contributed by atoms with Crippen molar-refractivity contribution >= 4 is 29.7 Å². The number of carbonyl (C=O) groups excluding carboxylic acids is 1. The van der Waals surface area contributed by atoms with Crippen LogP contribution in [0.3, 0.4) is 0 Å². The molecule has 0 aliphatic carbocycles. The van der Waals surface area contributed by atoms with Gasteiger partial charge < -0.3 is 10.6 Å². The van der Waals surface area contributed by atoms with Crippen LogP contribution in [0.25, 0.3) is 0 Å². The van der Waals surface area contributed by atoms with E-state index in [4.69, 9.17) is 0 Å². The maximum absolute atomic E-state index is 13.5. The molecule has 2 unspecified atom stereocenters. The molecule has 130 valence electrons. The van der Waals surface area contributed by atoms with Crippen molar-refractivity contribution in [1.82, 2.24) is 10.6 Å². The van der Waals surface area contributed by atoms with E-state index in [1.807, 2.05) is 13.0 Å². The molecular formula is C17H19ClF2N2OS. The zero-order chi connectivity index (χ0) is 16.4. The molecule has 24 heavy (non-hydrogen) atoms. The Kier molecular flexibility index (Phi) is 6.32. The van der Waals surface area contributed by atoms with Crippen LogP contribution in [0.2, 0.25) is 0 Å². The monoisotopic (exact) mass is 372 g/mol. The molecule has 0 saturated carbocycles. The van der Waals surface area contributed by atoms with Crippen molar-refractivity contribution in [1.29, 1.82) is 0 Å². The number of benzene rings is 1. The van der Waals surface area contributed by atoms with Gasteiger partial charge in [-0.3, -0.25) is 4.79 Å². The van der Waals surface area contributed by atoms with E-state index in [0.29, 0.717) is 11.4 Å². The third-order valence-corrected chi connectivity index (χ3v) is 5.13. The van der Waals surface area contributed by atoms with Crippen LogP contribution in [0.15, 0.2) is 30.3 Å². The Morgan fingerprint density at radius 2 is 2.04 bits per heavy atom. The van der Waals surface area contributed by atoms with Crippen molar-refractivity contribution in [2.24, 2.45) is 0 Å². The standard InChI is InChI=1S/C17H18F2N2OS.ClH/c1-10-2-5-16(23-10)17(22)21-15-9-20-7-6-12(15)11-3-4-13(18)14(19)8-11;/h2-5,8,12,15,20H,6-7,9H2,1H3,(H,21,22);1H. The van der Waals surface area contributed by atoms with Gasteiger partial charge in [-0.25, -0.2) is 8.78 Å². The molecule has 0 spiro atoms. The van der Waals surface area contributed by atoms with Crippen LogP contribution in [-0.4, -0.2) is 25.0 Å². The van der Waals surface area contributed by atoms with Crippen LogP contribution >= 0.6 is 23.7 Å². The van der Waals surface area contributed by atoms with Crippen LogP contribution in [0, 0.1) is 18.6 Å². The van der Waals surface area contributed by atoms with Gasteiger partial charge in [-0.05, 0) is 49.7 Å². The second-order valence-electron chi connectivity index (χ2n) is 5.76. The van der Waals surface area contributed by atoms with Gasteiger partial charge in [0, 0.05) is 23.4 Å². The first-order chi connectivity index (χ1) is 11.0. The van der Waals surface area contributed by atoms with Gasteiger partial charge >= 0.3 is 0 Å². The lowest BCUT2D eigenvalue weighted by molar-refractivity contribution is 0.0928. The molecule has 1 saturated heterocycles. The molecule has 2 atom stereocenters. The largest absolute Gasteiger partial charge is 0.347 e. The molecule has 2 heterocycles. The Bertz CT molecular complexity index is 722. The van der Waals surface area contributed by atoms with E-state index in [-0.39, 0.29) is 30.3 Å². The molecule has 7 heteroatoms. The summed E-state index contributed by atoms with van der Waals surface area (Å²) >= 11 is 1.44. The predicted molar refractivity (Wildman–Crippen MR) is 94.1 cm³/mol. The molecule has 0 radical (unpaired) electrons. The van der Waals surface area contributed by atoms with E-state index in [9.17, 15) is 13.6 Å². The van der Waals surface area contributed by atoms with Crippen LogP contribution in [0.4, 0.5) is 8.78 Å². The van der Waals surface area contributed by atoms with Crippen molar-refractivity contribution < 1.29 is 13.6 Å². The number of hydrogen-bond donors (Lipinski definition) is 2. The number of amides is 1. The molecule has 1 fully saturated rings. The lowest BCUT2D eigenvalue weighted by Crippen LogP contribution is -2.49. The van der Waals surface area contributed by atoms with Gasteiger partial charge in [0.2, 0.25) is 0 Å². The summed E-state index contributed by atoms with van der Waals surface area (Å²) < 4.78 is 26.7. The van der Waals surface area contributed by atoms with Gasteiger partial charge in [-0.2, -0.15) is 0 Å². The number of halogens is 3. The van der Waals surface area contributed by atoms with Crippen LogP contribution in [0.5, 0.6) is 0 Å². The maximum atomic E-state index is 13.5. The average Bonchev–Trinajstić information content (AvgIpc) is 2.97. The molecule has 0 bridgehead atoms. The third-order valence-electron chi connectivity index (χ3n) is 4.13. The summed E-state index contributed by atoms with van der Waals surface area (Å²) in [4.78, 5) is 14.1. The highest BCUT2D eigenvalue weighted by Gasteiger charge is 2.28. The Hall–Kier alpha value is -1.50. The van der Waals surface area contributed by atoms with Crippen molar-refractivity contribution in [2.75, 3.05) is 13.1 Å². The van der Waals surface area contributed by atoms with Gasteiger partial charge in [0.1, 0.15) is 0 Å². The topological polar surface area (TPSA) is 41.1 Å². The van der Waals surface area contributed by atoms with Crippen LogP contribution in [-0.2, 0) is 0 Å². The molecule has 1 aliphatic heterocycles. The number of rotatable bonds is 3. The quantitative estimate of drug-likeness (QED) is 0.863. The van der Waals surface area contributed by atoms with E-state index in [2.05, 4.69) is 10.6 Å². The van der Waals surface area contributed by atoms with Crippen molar-refractivity contribution in [3.05, 3.63) is 57.3 Å². The summed E-state index contributed by atoms with van der Waals surface area (Å²) in [7, 11) is 0. The summed E-state index contributed by atoms with van der Waals surface area (Å²) in [5.74, 6) is -1.85. The highest BCUT2D eigenvalue weighted by Crippen LogP contribution is 2.27. The number of hydrogen-bond acceptors (Lipinski definition) is 3. The van der Waals surface area contributed by atoms with E-state index < -0.39 is 11.6 Å². The molecule has 1 amide bonds. The van der Waals surface area contributed by atoms with Gasteiger partial charge in [0.15, 0.2) is 11.6 Å². The second kappa shape index (κ2) is 8.05. The Morgan fingerprint density at radius 3 is 2.71 bits per heavy atom. The second-order valence-corrected chi connectivity index (χ2v) is 7.05. The van der Waals surface area contributed by atoms with Crippen LogP contribution in [0.1, 0.15) is 32.5 Å². The number of piperidine rings is 1. The Balaban J connectivity index is 0.00000208. The third kappa shape index (κ3) is 4.12. The summed E-state index contributed by atoms with van der Waals surface area (Å²) in [6.45, 7) is 3.35. The Morgan fingerprint density at radius 1 is 1.25 bits per heavy atom. The zero-order valence-corrected chi connectivity index (χ0v) is 14.8.